The van der Waals surface area contributed by atoms with Gasteiger partial charge in [-0.1, -0.05) is 17.7 Å². The minimum atomic E-state index is -2.27. The molecule has 9 nitrogen and oxygen atoms in total. The fourth-order valence-corrected chi connectivity index (χ4v) is 1.87. The van der Waals surface area contributed by atoms with E-state index in [1.54, 1.807) is 6.07 Å². The number of phenolic OH excluding ortho intramolecular Hbond substituents is 1. The molecule has 3 unspecified atom stereocenters. The number of aliphatic hydroxyl groups is 3. The summed E-state index contributed by atoms with van der Waals surface area (Å²) in [5.41, 5.74) is 0.570. The van der Waals surface area contributed by atoms with Crippen LogP contribution in [0.25, 0.3) is 0 Å². The van der Waals surface area contributed by atoms with Gasteiger partial charge in [0.2, 0.25) is 0 Å². The summed E-state index contributed by atoms with van der Waals surface area (Å²) in [6.45, 7) is 6.50. The van der Waals surface area contributed by atoms with Crippen molar-refractivity contribution in [3.05, 3.63) is 28.8 Å². The quantitative estimate of drug-likeness (QED) is 0.360. The van der Waals surface area contributed by atoms with Gasteiger partial charge in [-0.25, -0.2) is 9.59 Å². The maximum atomic E-state index is 9.93. The number of halogens is 1. The molecule has 0 aromatic heterocycles. The molecule has 148 valence electrons. The number of carboxylic acids is 2. The van der Waals surface area contributed by atoms with E-state index in [9.17, 15) is 19.8 Å². The molecule has 0 saturated carbocycles. The average Bonchev–Trinajstić information content (AvgIpc) is 2.50. The summed E-state index contributed by atoms with van der Waals surface area (Å²) < 4.78 is 0. The molecule has 26 heavy (non-hydrogen) atoms. The fourth-order valence-electron chi connectivity index (χ4n) is 1.57. The first-order chi connectivity index (χ1) is 11.8. The molecule has 7 N–H and O–H groups in total. The summed E-state index contributed by atoms with van der Waals surface area (Å²) in [5, 5.41) is 55.2. The van der Waals surface area contributed by atoms with Crippen molar-refractivity contribution in [2.24, 2.45) is 0 Å². The highest BCUT2D eigenvalue weighted by atomic mass is 35.5. The number of aliphatic carboxylic acids is 2. The van der Waals surface area contributed by atoms with Crippen LogP contribution in [0.4, 0.5) is 0 Å². The molecule has 10 heteroatoms. The van der Waals surface area contributed by atoms with Gasteiger partial charge >= 0.3 is 11.9 Å². The lowest BCUT2D eigenvalue weighted by Crippen LogP contribution is -2.39. The first-order valence-corrected chi connectivity index (χ1v) is 7.87. The molecule has 0 aliphatic carbocycles. The third kappa shape index (κ3) is 8.97. The number of aliphatic hydroxyl groups excluding tert-OH is 3. The van der Waals surface area contributed by atoms with E-state index < -0.39 is 30.3 Å². The van der Waals surface area contributed by atoms with Crippen molar-refractivity contribution in [3.63, 3.8) is 0 Å². The van der Waals surface area contributed by atoms with Crippen molar-refractivity contribution in [3.8, 4) is 5.75 Å². The van der Waals surface area contributed by atoms with E-state index in [1.807, 2.05) is 20.8 Å². The number of phenols is 1. The predicted octanol–water partition coefficient (Wildman–Crippen LogP) is 0.344. The van der Waals surface area contributed by atoms with Crippen LogP contribution in [0.2, 0.25) is 5.02 Å². The van der Waals surface area contributed by atoms with Crippen molar-refractivity contribution < 1.29 is 40.2 Å². The summed E-state index contributed by atoms with van der Waals surface area (Å²) in [6, 6.07) is 4.57. The Kier molecular flexibility index (Phi) is 9.53. The number of carbonyl (C=O) groups is 2. The standard InChI is InChI=1S/C12H18ClNO2.C4H6O6/c1-12(2,3)14-7-11(16)9-5-4-8(15)6-10(9)13;5-1(3(7)8)2(6)4(9)10/h4-6,11,14-16H,7H2,1-3H3;1-2,5-6H,(H,7,8)(H,9,10). The second kappa shape index (κ2) is 10.3. The molecule has 0 amide bonds. The Balaban J connectivity index is 0.000000541. The van der Waals surface area contributed by atoms with Gasteiger partial charge < -0.3 is 36.0 Å². The van der Waals surface area contributed by atoms with E-state index >= 15 is 0 Å². The van der Waals surface area contributed by atoms with Crippen LogP contribution in [0.5, 0.6) is 5.75 Å². The zero-order chi connectivity index (χ0) is 20.7. The van der Waals surface area contributed by atoms with Crippen molar-refractivity contribution in [2.45, 2.75) is 44.6 Å². The lowest BCUT2D eigenvalue weighted by Gasteiger charge is -2.23. The van der Waals surface area contributed by atoms with E-state index in [-0.39, 0.29) is 11.3 Å². The highest BCUT2D eigenvalue weighted by Gasteiger charge is 2.29. The van der Waals surface area contributed by atoms with Gasteiger partial charge in [-0.05, 0) is 32.9 Å². The Labute approximate surface area is 155 Å². The number of nitrogens with one attached hydrogen (secondary N) is 1. The molecular formula is C16H24ClNO8. The maximum Gasteiger partial charge on any atom is 0.335 e. The second-order valence-corrected chi connectivity index (χ2v) is 6.83. The number of carboxylic acid groups (broad SMARTS) is 2. The number of benzene rings is 1. The summed E-state index contributed by atoms with van der Waals surface area (Å²) in [7, 11) is 0. The van der Waals surface area contributed by atoms with Crippen LogP contribution in [0.1, 0.15) is 32.4 Å². The fraction of sp³-hybridized carbons (Fsp3) is 0.500. The molecule has 3 atom stereocenters. The van der Waals surface area contributed by atoms with E-state index in [4.69, 9.17) is 32.0 Å². The van der Waals surface area contributed by atoms with Crippen molar-refractivity contribution >= 4 is 23.5 Å². The van der Waals surface area contributed by atoms with Gasteiger partial charge in [0.25, 0.3) is 0 Å². The Hall–Kier alpha value is -1.91. The van der Waals surface area contributed by atoms with Gasteiger partial charge in [0, 0.05) is 17.6 Å². The van der Waals surface area contributed by atoms with Crippen LogP contribution in [0.3, 0.4) is 0 Å². The third-order valence-corrected chi connectivity index (χ3v) is 3.30. The van der Waals surface area contributed by atoms with Gasteiger partial charge in [0.05, 0.1) is 11.1 Å². The zero-order valence-electron chi connectivity index (χ0n) is 14.5. The molecule has 0 aliphatic rings. The van der Waals surface area contributed by atoms with Gasteiger partial charge in [0.15, 0.2) is 12.2 Å². The Morgan fingerprint density at radius 2 is 1.54 bits per heavy atom. The van der Waals surface area contributed by atoms with Crippen LogP contribution in [0, 0.1) is 0 Å². The number of β-amino-alcohol motifs (C(OH)–C–C–N with tert-alkyl or cyclic N) is 1. The molecule has 1 aromatic carbocycles. The largest absolute Gasteiger partial charge is 0.508 e. The lowest BCUT2D eigenvalue weighted by atomic mass is 10.1. The van der Waals surface area contributed by atoms with E-state index in [1.165, 1.54) is 12.1 Å². The average molecular weight is 394 g/mol. The zero-order valence-corrected chi connectivity index (χ0v) is 15.3. The van der Waals surface area contributed by atoms with Crippen LogP contribution in [0.15, 0.2) is 18.2 Å². The summed E-state index contributed by atoms with van der Waals surface area (Å²) in [4.78, 5) is 19.5. The van der Waals surface area contributed by atoms with Crippen LogP contribution >= 0.6 is 11.6 Å². The molecule has 0 spiro atoms. The normalized spacial score (nSPS) is 14.6. The van der Waals surface area contributed by atoms with Crippen molar-refractivity contribution in [1.82, 2.24) is 5.32 Å². The Morgan fingerprint density at radius 1 is 1.08 bits per heavy atom. The number of aromatic hydroxyl groups is 1. The number of rotatable bonds is 6. The third-order valence-electron chi connectivity index (χ3n) is 2.97. The van der Waals surface area contributed by atoms with Crippen LogP contribution in [-0.2, 0) is 9.59 Å². The summed E-state index contributed by atoms with van der Waals surface area (Å²) >= 11 is 5.93. The SMILES string of the molecule is CC(C)(C)NCC(O)c1ccc(O)cc1Cl.O=C(O)C(O)C(O)C(=O)O. The van der Waals surface area contributed by atoms with Gasteiger partial charge in [-0.2, -0.15) is 0 Å². The monoisotopic (exact) mass is 393 g/mol. The molecule has 0 saturated heterocycles. The molecule has 0 aliphatic heterocycles. The Bertz CT molecular complexity index is 599. The topological polar surface area (TPSA) is 168 Å². The predicted molar refractivity (Wildman–Crippen MR) is 93.1 cm³/mol. The summed E-state index contributed by atoms with van der Waals surface area (Å²) in [6.07, 6.45) is -5.21. The van der Waals surface area contributed by atoms with Gasteiger partial charge in [0.1, 0.15) is 5.75 Å². The van der Waals surface area contributed by atoms with Gasteiger partial charge in [-0.3, -0.25) is 0 Å². The second-order valence-electron chi connectivity index (χ2n) is 6.42. The molecular weight excluding hydrogens is 370 g/mol. The minimum Gasteiger partial charge on any atom is -0.508 e. The molecule has 1 rings (SSSR count). The van der Waals surface area contributed by atoms with Crippen molar-refractivity contribution in [1.29, 1.82) is 0 Å². The van der Waals surface area contributed by atoms with E-state index in [0.717, 1.165) is 0 Å². The molecule has 1 aromatic rings. The molecule has 0 radical (unpaired) electrons. The first-order valence-electron chi connectivity index (χ1n) is 7.49. The smallest absolute Gasteiger partial charge is 0.335 e. The highest BCUT2D eigenvalue weighted by Crippen LogP contribution is 2.26. The van der Waals surface area contributed by atoms with Crippen molar-refractivity contribution in [2.75, 3.05) is 6.54 Å². The summed E-state index contributed by atoms with van der Waals surface area (Å²) in [5.74, 6) is -3.44. The molecule has 0 bridgehead atoms. The Morgan fingerprint density at radius 3 is 1.88 bits per heavy atom. The van der Waals surface area contributed by atoms with E-state index in [2.05, 4.69) is 5.32 Å². The first kappa shape index (κ1) is 24.1. The number of hydrogen-bond donors (Lipinski definition) is 7. The van der Waals surface area contributed by atoms with E-state index in [0.29, 0.717) is 17.1 Å². The number of hydrogen-bond acceptors (Lipinski definition) is 7. The minimum absolute atomic E-state index is 0.0512. The van der Waals surface area contributed by atoms with Crippen LogP contribution < -0.4 is 5.32 Å². The van der Waals surface area contributed by atoms with Gasteiger partial charge in [-0.15, -0.1) is 0 Å². The maximum absolute atomic E-state index is 9.93. The lowest BCUT2D eigenvalue weighted by molar-refractivity contribution is -0.165. The molecule has 0 heterocycles. The van der Waals surface area contributed by atoms with Crippen LogP contribution in [-0.4, -0.2) is 66.9 Å². The highest BCUT2D eigenvalue weighted by molar-refractivity contribution is 6.31. The molecule has 0 fully saturated rings.